The second kappa shape index (κ2) is 23.8. The van der Waals surface area contributed by atoms with Crippen LogP contribution < -0.4 is 9.47 Å². The highest BCUT2D eigenvalue weighted by molar-refractivity contribution is 6.03. The molecule has 0 aromatic heterocycles. The van der Waals surface area contributed by atoms with Gasteiger partial charge in [-0.05, 0) is 116 Å². The molecule has 2 N–H and O–H groups in total. The van der Waals surface area contributed by atoms with Gasteiger partial charge in [-0.3, -0.25) is 4.90 Å². The molecule has 1 aliphatic heterocycles. The standard InChI is InChI=1S/C55H68N2O9/c1-5-27-57(54(60)62-32-31-61-37-41-17-9-7-10-18-41)51-36-49(56-64-38-42-19-11-8-12-20-42)47-34-43(21-13-15-28-58)46(22-14-16-29-59)52-48-35-45(65-44-24-23-39(3)40(4)33-44)25-26-50(48)66-55(51,53(47)52)63-30-6-2/h6-12,17-20,23-26,33-35,43,46,51-53,58-59H,2,5,13-16,21-22,27-32,36-38H2,1,3-4H3. The average Bonchev–Trinajstić information content (AvgIpc) is 3.33. The fourth-order valence-electron chi connectivity index (χ4n) is 10.0. The van der Waals surface area contributed by atoms with E-state index in [0.29, 0.717) is 43.9 Å². The van der Waals surface area contributed by atoms with E-state index in [9.17, 15) is 15.0 Å². The highest BCUT2D eigenvalue weighted by Gasteiger charge is 2.65. The molecule has 1 fully saturated rings. The molecule has 0 saturated heterocycles. The number of benzene rings is 4. The van der Waals surface area contributed by atoms with Crippen molar-refractivity contribution in [2.45, 2.75) is 103 Å². The molecule has 2 aliphatic carbocycles. The number of hydrogen-bond acceptors (Lipinski definition) is 10. The van der Waals surface area contributed by atoms with E-state index in [2.05, 4.69) is 44.7 Å². The molecule has 11 nitrogen and oxygen atoms in total. The number of unbranched alkanes of at least 4 members (excludes halogenated alkanes) is 2. The van der Waals surface area contributed by atoms with Crippen LogP contribution in [0.3, 0.4) is 0 Å². The normalized spacial score (nSPS) is 22.3. The molecule has 0 radical (unpaired) electrons. The van der Waals surface area contributed by atoms with Crippen molar-refractivity contribution in [3.8, 4) is 17.2 Å². The van der Waals surface area contributed by atoms with Crippen molar-refractivity contribution in [1.29, 1.82) is 0 Å². The van der Waals surface area contributed by atoms with Gasteiger partial charge in [-0.15, -0.1) is 6.58 Å². The van der Waals surface area contributed by atoms with E-state index in [0.717, 1.165) is 65.0 Å². The average molecular weight is 901 g/mol. The fraction of sp³-hybridized carbons (Fsp3) is 0.455. The number of amides is 1. The van der Waals surface area contributed by atoms with Gasteiger partial charge in [-0.1, -0.05) is 104 Å². The second-order valence-electron chi connectivity index (χ2n) is 17.7. The van der Waals surface area contributed by atoms with E-state index in [4.69, 9.17) is 33.7 Å². The molecule has 6 unspecified atom stereocenters. The van der Waals surface area contributed by atoms with Crippen molar-refractivity contribution in [3.05, 3.63) is 149 Å². The third-order valence-electron chi connectivity index (χ3n) is 13.2. The number of allylic oxidation sites excluding steroid dienone is 1. The monoisotopic (exact) mass is 900 g/mol. The molecular formula is C55H68N2O9. The lowest BCUT2D eigenvalue weighted by Gasteiger charge is -2.59. The summed E-state index contributed by atoms with van der Waals surface area (Å²) in [6, 6.07) is 31.3. The molecule has 1 heterocycles. The lowest BCUT2D eigenvalue weighted by atomic mass is 9.55. The minimum atomic E-state index is -1.41. The van der Waals surface area contributed by atoms with E-state index in [-0.39, 0.29) is 63.8 Å². The summed E-state index contributed by atoms with van der Waals surface area (Å²) in [7, 11) is 0. The van der Waals surface area contributed by atoms with E-state index < -0.39 is 23.8 Å². The largest absolute Gasteiger partial charge is 0.459 e. The summed E-state index contributed by atoms with van der Waals surface area (Å²) in [4.78, 5) is 22.6. The molecule has 1 amide bonds. The molecule has 4 aromatic rings. The van der Waals surface area contributed by atoms with Crippen LogP contribution in [0.1, 0.15) is 92.0 Å². The first kappa shape index (κ1) is 48.5. The predicted molar refractivity (Wildman–Crippen MR) is 257 cm³/mol. The number of oxime groups is 1. The Bertz CT molecular complexity index is 2250. The maximum absolute atomic E-state index is 14.6. The quantitative estimate of drug-likeness (QED) is 0.0401. The lowest BCUT2D eigenvalue weighted by Crippen LogP contribution is -2.70. The zero-order chi connectivity index (χ0) is 46.3. The number of carbonyl (C=O) groups excluding carboxylic acids is 1. The summed E-state index contributed by atoms with van der Waals surface area (Å²) in [5.41, 5.74) is 7.01. The van der Waals surface area contributed by atoms with Gasteiger partial charge in [0.2, 0.25) is 5.79 Å². The van der Waals surface area contributed by atoms with Gasteiger partial charge >= 0.3 is 6.09 Å². The molecule has 7 rings (SSSR count). The molecule has 11 heteroatoms. The van der Waals surface area contributed by atoms with Crippen LogP contribution in [0.15, 0.2) is 127 Å². The Morgan fingerprint density at radius 2 is 1.56 bits per heavy atom. The summed E-state index contributed by atoms with van der Waals surface area (Å²) in [6.45, 7) is 12.0. The summed E-state index contributed by atoms with van der Waals surface area (Å²) in [5, 5.41) is 25.0. The molecule has 0 spiro atoms. The molecule has 66 heavy (non-hydrogen) atoms. The number of aryl methyl sites for hydroxylation is 2. The van der Waals surface area contributed by atoms with Gasteiger partial charge in [0.05, 0.1) is 31.5 Å². The van der Waals surface area contributed by atoms with E-state index in [1.165, 1.54) is 5.56 Å². The van der Waals surface area contributed by atoms with Gasteiger partial charge in [0, 0.05) is 37.7 Å². The Balaban J connectivity index is 1.35. The summed E-state index contributed by atoms with van der Waals surface area (Å²) < 4.78 is 33.1. The van der Waals surface area contributed by atoms with Gasteiger partial charge in [0.15, 0.2) is 0 Å². The molecule has 4 aromatic carbocycles. The van der Waals surface area contributed by atoms with Crippen LogP contribution in [0, 0.1) is 31.6 Å². The number of aliphatic hydroxyl groups is 2. The third kappa shape index (κ3) is 11.6. The highest BCUT2D eigenvalue weighted by atomic mass is 16.7. The first-order valence-corrected chi connectivity index (χ1v) is 23.8. The molecule has 1 saturated carbocycles. The smallest absolute Gasteiger partial charge is 0.410 e. The van der Waals surface area contributed by atoms with Crippen LogP contribution >= 0.6 is 0 Å². The maximum atomic E-state index is 14.6. The zero-order valence-corrected chi connectivity index (χ0v) is 38.9. The number of nitrogens with zero attached hydrogens (tertiary/aromatic N) is 2. The lowest BCUT2D eigenvalue weighted by molar-refractivity contribution is -0.255. The highest BCUT2D eigenvalue weighted by Crippen LogP contribution is 2.62. The van der Waals surface area contributed by atoms with Crippen molar-refractivity contribution in [1.82, 2.24) is 4.90 Å². The zero-order valence-electron chi connectivity index (χ0n) is 38.9. The van der Waals surface area contributed by atoms with Crippen LogP contribution in [0.25, 0.3) is 0 Å². The van der Waals surface area contributed by atoms with Crippen LogP contribution in [-0.4, -0.2) is 78.3 Å². The molecule has 6 atom stereocenters. The van der Waals surface area contributed by atoms with Gasteiger partial charge < -0.3 is 38.7 Å². The SMILES string of the molecule is C=CCOC12Oc3ccc(Oc4ccc(C)c(C)c4)cc3C3C(CCCCO)C(CCCCO)C=C(C(=NOCc4ccccc4)CC1N(CCC)C(=O)OCCOCc1ccccc1)C32. The van der Waals surface area contributed by atoms with Crippen molar-refractivity contribution >= 4 is 11.8 Å². The second-order valence-corrected chi connectivity index (χ2v) is 17.7. The van der Waals surface area contributed by atoms with Crippen molar-refractivity contribution < 1.29 is 43.5 Å². The minimum Gasteiger partial charge on any atom is -0.459 e. The fourth-order valence-corrected chi connectivity index (χ4v) is 10.0. The van der Waals surface area contributed by atoms with E-state index in [1.54, 1.807) is 11.0 Å². The predicted octanol–water partition coefficient (Wildman–Crippen LogP) is 11.0. The number of ether oxygens (including phenoxy) is 5. The van der Waals surface area contributed by atoms with E-state index >= 15 is 0 Å². The van der Waals surface area contributed by atoms with Crippen LogP contribution in [-0.2, 0) is 32.3 Å². The van der Waals surface area contributed by atoms with Gasteiger partial charge in [-0.2, -0.15) is 0 Å². The Morgan fingerprint density at radius 3 is 2.26 bits per heavy atom. The third-order valence-corrected chi connectivity index (χ3v) is 13.2. The number of hydrogen-bond donors (Lipinski definition) is 2. The Labute approximate surface area is 391 Å². The Kier molecular flexibility index (Phi) is 17.5. The summed E-state index contributed by atoms with van der Waals surface area (Å²) >= 11 is 0. The summed E-state index contributed by atoms with van der Waals surface area (Å²) in [5.74, 6) is 0.153. The number of rotatable bonds is 24. The van der Waals surface area contributed by atoms with Crippen molar-refractivity contribution in [3.63, 3.8) is 0 Å². The minimum absolute atomic E-state index is 0.0624. The van der Waals surface area contributed by atoms with Gasteiger partial charge in [0.1, 0.15) is 36.5 Å². The van der Waals surface area contributed by atoms with Crippen molar-refractivity contribution in [2.24, 2.45) is 22.9 Å². The molecule has 0 bridgehead atoms. The Morgan fingerprint density at radius 1 is 0.864 bits per heavy atom. The number of carbonyl (C=O) groups is 1. The maximum Gasteiger partial charge on any atom is 0.410 e. The first-order valence-electron chi connectivity index (χ1n) is 23.8. The van der Waals surface area contributed by atoms with Gasteiger partial charge in [0.25, 0.3) is 0 Å². The number of fused-ring (bicyclic) bond motifs is 2. The topological polar surface area (TPSA) is 129 Å². The molecule has 3 aliphatic rings. The Hall–Kier alpha value is -5.46. The number of aliphatic hydroxyl groups excluding tert-OH is 2. The molecule has 352 valence electrons. The summed E-state index contributed by atoms with van der Waals surface area (Å²) in [6.07, 6.45) is 9.15. The first-order chi connectivity index (χ1) is 32.3. The van der Waals surface area contributed by atoms with Crippen LogP contribution in [0.2, 0.25) is 0 Å². The van der Waals surface area contributed by atoms with Crippen LogP contribution in [0.4, 0.5) is 4.79 Å². The van der Waals surface area contributed by atoms with E-state index in [1.807, 2.05) is 85.8 Å². The van der Waals surface area contributed by atoms with Crippen molar-refractivity contribution in [2.75, 3.05) is 39.6 Å². The van der Waals surface area contributed by atoms with Gasteiger partial charge in [-0.25, -0.2) is 4.79 Å². The molecular weight excluding hydrogens is 833 g/mol. The van der Waals surface area contributed by atoms with Crippen LogP contribution in [0.5, 0.6) is 17.2 Å².